The Morgan fingerprint density at radius 3 is 2.22 bits per heavy atom. The number of sulfonamides is 1. The van der Waals surface area contributed by atoms with Crippen LogP contribution in [0.3, 0.4) is 0 Å². The van der Waals surface area contributed by atoms with E-state index in [-0.39, 0.29) is 0 Å². The van der Waals surface area contributed by atoms with E-state index in [1.165, 1.54) is 6.92 Å². The van der Waals surface area contributed by atoms with Gasteiger partial charge in [0.05, 0.1) is 23.6 Å². The predicted octanol–water partition coefficient (Wildman–Crippen LogP) is -0.0136. The first kappa shape index (κ1) is 15.0. The average molecular weight is 281 g/mol. The van der Waals surface area contributed by atoms with Crippen molar-refractivity contribution in [2.45, 2.75) is 17.4 Å². The van der Waals surface area contributed by atoms with E-state index in [9.17, 15) is 17.2 Å². The Morgan fingerprint density at radius 1 is 1.22 bits per heavy atom. The number of nitrogens with one attached hydrogen (secondary N) is 1. The quantitative estimate of drug-likeness (QED) is 0.708. The first-order chi connectivity index (χ1) is 8.24. The molecule has 8 heteroatoms. The molecule has 0 radical (unpaired) electrons. The lowest BCUT2D eigenvalue weighted by Crippen LogP contribution is -2.51. The van der Waals surface area contributed by atoms with Crippen LogP contribution in [0.4, 0.5) is 8.78 Å². The maximum Gasteiger partial charge on any atom is 0.241 e. The lowest BCUT2D eigenvalue weighted by molar-refractivity contribution is 0.121. The SMILES string of the molecule is CC(CO)(CO)NS(=O)(=O)c1ccc(F)c(F)c1. The summed E-state index contributed by atoms with van der Waals surface area (Å²) in [6.45, 7) is -0.0246. The predicted molar refractivity (Wildman–Crippen MR) is 59.3 cm³/mol. The molecule has 0 saturated carbocycles. The van der Waals surface area contributed by atoms with Crippen LogP contribution < -0.4 is 4.72 Å². The van der Waals surface area contributed by atoms with Crippen molar-refractivity contribution < 1.29 is 27.4 Å². The fraction of sp³-hybridized carbons (Fsp3) is 0.400. The molecule has 0 fully saturated rings. The van der Waals surface area contributed by atoms with Crippen LogP contribution in [0.15, 0.2) is 23.1 Å². The number of benzene rings is 1. The van der Waals surface area contributed by atoms with E-state index in [1.807, 2.05) is 4.72 Å². The highest BCUT2D eigenvalue weighted by molar-refractivity contribution is 7.89. The topological polar surface area (TPSA) is 86.6 Å². The highest BCUT2D eigenvalue weighted by atomic mass is 32.2. The number of hydrogen-bond acceptors (Lipinski definition) is 4. The molecule has 0 aliphatic carbocycles. The van der Waals surface area contributed by atoms with Gasteiger partial charge in [-0.2, -0.15) is 0 Å². The van der Waals surface area contributed by atoms with Gasteiger partial charge in [-0.3, -0.25) is 0 Å². The Bertz CT molecular complexity index is 529. The second-order valence-electron chi connectivity index (χ2n) is 4.06. The molecule has 0 atom stereocenters. The molecule has 0 aliphatic rings. The van der Waals surface area contributed by atoms with Gasteiger partial charge in [-0.1, -0.05) is 0 Å². The monoisotopic (exact) mass is 281 g/mol. The first-order valence-corrected chi connectivity index (χ1v) is 6.43. The van der Waals surface area contributed by atoms with Gasteiger partial charge in [-0.05, 0) is 25.1 Å². The number of halogens is 2. The van der Waals surface area contributed by atoms with Crippen molar-refractivity contribution in [3.8, 4) is 0 Å². The summed E-state index contributed by atoms with van der Waals surface area (Å²) in [5.74, 6) is -2.46. The molecule has 0 aromatic heterocycles. The molecule has 0 saturated heterocycles. The van der Waals surface area contributed by atoms with Crippen LogP contribution in [0.5, 0.6) is 0 Å². The standard InChI is InChI=1S/C10H13F2NO4S/c1-10(5-14,6-15)13-18(16,17)7-2-3-8(11)9(12)4-7/h2-4,13-15H,5-6H2,1H3. The van der Waals surface area contributed by atoms with Crippen molar-refractivity contribution in [3.63, 3.8) is 0 Å². The molecular formula is C10H13F2NO4S. The lowest BCUT2D eigenvalue weighted by Gasteiger charge is -2.25. The fourth-order valence-electron chi connectivity index (χ4n) is 1.14. The minimum Gasteiger partial charge on any atom is -0.394 e. The van der Waals surface area contributed by atoms with Gasteiger partial charge in [0.15, 0.2) is 11.6 Å². The van der Waals surface area contributed by atoms with Gasteiger partial charge >= 0.3 is 0 Å². The van der Waals surface area contributed by atoms with Crippen LogP contribution in [0, 0.1) is 11.6 Å². The maximum absolute atomic E-state index is 12.9. The first-order valence-electron chi connectivity index (χ1n) is 4.95. The fourth-order valence-corrected chi connectivity index (χ4v) is 2.54. The minimum absolute atomic E-state index is 0.491. The zero-order valence-electron chi connectivity index (χ0n) is 9.52. The molecule has 0 amide bonds. The van der Waals surface area contributed by atoms with E-state index in [0.29, 0.717) is 12.1 Å². The van der Waals surface area contributed by atoms with E-state index >= 15 is 0 Å². The molecule has 0 spiro atoms. The van der Waals surface area contributed by atoms with Crippen LogP contribution in [-0.4, -0.2) is 37.4 Å². The van der Waals surface area contributed by atoms with Crippen molar-refractivity contribution in [3.05, 3.63) is 29.8 Å². The van der Waals surface area contributed by atoms with Gasteiger partial charge < -0.3 is 10.2 Å². The third-order valence-electron chi connectivity index (χ3n) is 2.28. The number of rotatable bonds is 5. The summed E-state index contributed by atoms with van der Waals surface area (Å²) in [5.41, 5.74) is -1.48. The maximum atomic E-state index is 12.9. The molecule has 18 heavy (non-hydrogen) atoms. The van der Waals surface area contributed by atoms with Crippen molar-refractivity contribution in [1.29, 1.82) is 0 Å². The molecule has 1 aromatic rings. The number of hydrogen-bond donors (Lipinski definition) is 3. The van der Waals surface area contributed by atoms with Crippen LogP contribution in [0.1, 0.15) is 6.92 Å². The second-order valence-corrected chi connectivity index (χ2v) is 5.74. The molecule has 102 valence electrons. The van der Waals surface area contributed by atoms with Crippen molar-refractivity contribution in [1.82, 2.24) is 4.72 Å². The Kier molecular flexibility index (Phi) is 4.38. The largest absolute Gasteiger partial charge is 0.394 e. The van der Waals surface area contributed by atoms with E-state index in [2.05, 4.69) is 0 Å². The molecule has 0 bridgehead atoms. The Hall–Kier alpha value is -1.09. The summed E-state index contributed by atoms with van der Waals surface area (Å²) in [5, 5.41) is 17.9. The molecule has 1 rings (SSSR count). The van der Waals surface area contributed by atoms with Gasteiger partial charge in [0.2, 0.25) is 10.0 Å². The molecule has 1 aromatic carbocycles. The Morgan fingerprint density at radius 2 is 1.78 bits per heavy atom. The molecule has 0 heterocycles. The van der Waals surface area contributed by atoms with Crippen molar-refractivity contribution in [2.24, 2.45) is 0 Å². The van der Waals surface area contributed by atoms with Gasteiger partial charge in [0, 0.05) is 0 Å². The summed E-state index contributed by atoms with van der Waals surface area (Å²) in [7, 11) is -4.16. The highest BCUT2D eigenvalue weighted by Gasteiger charge is 2.29. The van der Waals surface area contributed by atoms with Crippen molar-refractivity contribution in [2.75, 3.05) is 13.2 Å². The zero-order chi connectivity index (χ0) is 14.0. The van der Waals surface area contributed by atoms with Crippen LogP contribution in [0.25, 0.3) is 0 Å². The number of aliphatic hydroxyl groups excluding tert-OH is 2. The van der Waals surface area contributed by atoms with E-state index in [4.69, 9.17) is 10.2 Å². The van der Waals surface area contributed by atoms with Gasteiger partial charge in [-0.15, -0.1) is 0 Å². The summed E-state index contributed by atoms with van der Waals surface area (Å²) in [6, 6.07) is 2.09. The average Bonchev–Trinajstić information content (AvgIpc) is 2.32. The lowest BCUT2D eigenvalue weighted by atomic mass is 10.1. The normalized spacial score (nSPS) is 12.7. The number of aliphatic hydroxyl groups is 2. The Labute approximate surface area is 103 Å². The van der Waals surface area contributed by atoms with E-state index < -0.39 is 45.3 Å². The van der Waals surface area contributed by atoms with Crippen LogP contribution >= 0.6 is 0 Å². The molecule has 0 unspecified atom stereocenters. The van der Waals surface area contributed by atoms with Crippen molar-refractivity contribution >= 4 is 10.0 Å². The highest BCUT2D eigenvalue weighted by Crippen LogP contribution is 2.16. The van der Waals surface area contributed by atoms with E-state index in [1.54, 1.807) is 0 Å². The summed E-state index contributed by atoms with van der Waals surface area (Å²) in [4.78, 5) is -0.491. The van der Waals surface area contributed by atoms with E-state index in [0.717, 1.165) is 6.07 Å². The van der Waals surface area contributed by atoms with Gasteiger partial charge in [0.25, 0.3) is 0 Å². The van der Waals surface area contributed by atoms with Crippen LogP contribution in [-0.2, 0) is 10.0 Å². The molecule has 0 aliphatic heterocycles. The van der Waals surface area contributed by atoms with Gasteiger partial charge in [-0.25, -0.2) is 21.9 Å². The van der Waals surface area contributed by atoms with Crippen LogP contribution in [0.2, 0.25) is 0 Å². The molecule has 3 N–H and O–H groups in total. The molecule has 5 nitrogen and oxygen atoms in total. The zero-order valence-corrected chi connectivity index (χ0v) is 10.3. The van der Waals surface area contributed by atoms with Gasteiger partial charge in [0.1, 0.15) is 0 Å². The second kappa shape index (κ2) is 5.27. The summed E-state index contributed by atoms with van der Waals surface area (Å²) < 4.78 is 51.3. The summed E-state index contributed by atoms with van der Waals surface area (Å²) >= 11 is 0. The summed E-state index contributed by atoms with van der Waals surface area (Å²) in [6.07, 6.45) is 0. The smallest absolute Gasteiger partial charge is 0.241 e. The Balaban J connectivity index is 3.10. The third kappa shape index (κ3) is 3.22. The molecular weight excluding hydrogens is 268 g/mol. The minimum atomic E-state index is -4.16. The third-order valence-corrected chi connectivity index (χ3v) is 3.92.